The summed E-state index contributed by atoms with van der Waals surface area (Å²) >= 11 is 0. The van der Waals surface area contributed by atoms with E-state index in [0.717, 1.165) is 17.0 Å². The van der Waals surface area contributed by atoms with E-state index in [1.807, 2.05) is 68.3 Å². The molecule has 2 rings (SSSR count). The molecule has 0 bridgehead atoms. The minimum Gasteiger partial charge on any atom is -0.293 e. The Balaban J connectivity index is 1.95. The molecule has 3 heteroatoms. The third kappa shape index (κ3) is 4.00. The number of Topliss-reactive ketones (excluding diaryl/α,β-unsaturated/α-hetero) is 1. The van der Waals surface area contributed by atoms with Crippen LogP contribution < -0.4 is 0 Å². The molecule has 1 aromatic carbocycles. The van der Waals surface area contributed by atoms with Crippen LogP contribution in [-0.2, 0) is 6.54 Å². The molecule has 2 aromatic rings. The lowest BCUT2D eigenvalue weighted by Crippen LogP contribution is -2.26. The topological polar surface area (TPSA) is 33.2 Å². The Hall–Kier alpha value is -2.00. The second kappa shape index (κ2) is 6.44. The average Bonchev–Trinajstić information content (AvgIpc) is 2.39. The largest absolute Gasteiger partial charge is 0.293 e. The summed E-state index contributed by atoms with van der Waals surface area (Å²) < 4.78 is 0. The first-order valence-corrected chi connectivity index (χ1v) is 6.75. The Morgan fingerprint density at radius 3 is 2.45 bits per heavy atom. The van der Waals surface area contributed by atoms with E-state index in [2.05, 4.69) is 4.98 Å². The van der Waals surface area contributed by atoms with Gasteiger partial charge in [-0.15, -0.1) is 0 Å². The predicted molar refractivity (Wildman–Crippen MR) is 80.8 cm³/mol. The fourth-order valence-corrected chi connectivity index (χ4v) is 2.10. The van der Waals surface area contributed by atoms with E-state index in [0.29, 0.717) is 13.1 Å². The zero-order valence-corrected chi connectivity index (χ0v) is 12.3. The number of rotatable bonds is 5. The molecule has 0 saturated carbocycles. The van der Waals surface area contributed by atoms with Gasteiger partial charge in [0.05, 0.1) is 12.2 Å². The molecule has 0 aliphatic heterocycles. The van der Waals surface area contributed by atoms with Crippen molar-refractivity contribution in [1.29, 1.82) is 0 Å². The van der Waals surface area contributed by atoms with E-state index in [9.17, 15) is 4.79 Å². The van der Waals surface area contributed by atoms with Gasteiger partial charge in [0.2, 0.25) is 0 Å². The summed E-state index contributed by atoms with van der Waals surface area (Å²) in [6, 6.07) is 13.7. The van der Waals surface area contributed by atoms with Crippen LogP contribution in [0.5, 0.6) is 0 Å². The molecule has 0 saturated heterocycles. The van der Waals surface area contributed by atoms with E-state index in [1.165, 1.54) is 5.56 Å². The number of carbonyl (C=O) groups excluding carboxylic acids is 1. The van der Waals surface area contributed by atoms with E-state index >= 15 is 0 Å². The lowest BCUT2D eigenvalue weighted by Gasteiger charge is -2.15. The van der Waals surface area contributed by atoms with Crippen molar-refractivity contribution in [3.8, 4) is 0 Å². The molecule has 0 aliphatic rings. The highest BCUT2D eigenvalue weighted by molar-refractivity contribution is 5.97. The monoisotopic (exact) mass is 268 g/mol. The highest BCUT2D eigenvalue weighted by Crippen LogP contribution is 2.07. The fourth-order valence-electron chi connectivity index (χ4n) is 2.10. The van der Waals surface area contributed by atoms with Crippen molar-refractivity contribution in [3.05, 3.63) is 65.0 Å². The Kier molecular flexibility index (Phi) is 4.64. The van der Waals surface area contributed by atoms with Gasteiger partial charge in [0.1, 0.15) is 0 Å². The third-order valence-corrected chi connectivity index (χ3v) is 3.16. The smallest absolute Gasteiger partial charge is 0.176 e. The first-order chi connectivity index (χ1) is 9.54. The minimum absolute atomic E-state index is 0.139. The molecule has 104 valence electrons. The van der Waals surface area contributed by atoms with Crippen LogP contribution in [0.4, 0.5) is 0 Å². The van der Waals surface area contributed by atoms with Crippen LogP contribution in [0.1, 0.15) is 27.3 Å². The average molecular weight is 268 g/mol. The van der Waals surface area contributed by atoms with Crippen molar-refractivity contribution in [1.82, 2.24) is 9.88 Å². The van der Waals surface area contributed by atoms with Crippen LogP contribution in [0, 0.1) is 13.8 Å². The van der Waals surface area contributed by atoms with Crippen molar-refractivity contribution < 1.29 is 4.79 Å². The van der Waals surface area contributed by atoms with Crippen LogP contribution in [-0.4, -0.2) is 29.3 Å². The maximum Gasteiger partial charge on any atom is 0.176 e. The molecular weight excluding hydrogens is 248 g/mol. The number of likely N-dealkylation sites (N-methyl/N-ethyl adjacent to an activating group) is 1. The standard InChI is InChI=1S/C17H20N2O/c1-13-7-9-15(10-8-13)17(20)12-19(3)11-16-6-4-5-14(2)18-16/h4-10H,11-12H2,1-3H3. The molecule has 1 heterocycles. The van der Waals surface area contributed by atoms with Crippen molar-refractivity contribution in [2.75, 3.05) is 13.6 Å². The molecule has 0 N–H and O–H groups in total. The summed E-state index contributed by atoms with van der Waals surface area (Å²) in [6.07, 6.45) is 0. The van der Waals surface area contributed by atoms with Gasteiger partial charge in [-0.1, -0.05) is 35.9 Å². The maximum absolute atomic E-state index is 12.2. The number of hydrogen-bond donors (Lipinski definition) is 0. The first-order valence-electron chi connectivity index (χ1n) is 6.75. The Labute approximate surface area is 120 Å². The van der Waals surface area contributed by atoms with Gasteiger partial charge in [-0.2, -0.15) is 0 Å². The van der Waals surface area contributed by atoms with Crippen LogP contribution in [0.3, 0.4) is 0 Å². The normalized spacial score (nSPS) is 10.8. The van der Waals surface area contributed by atoms with Gasteiger partial charge < -0.3 is 0 Å². The van der Waals surface area contributed by atoms with Gasteiger partial charge >= 0.3 is 0 Å². The van der Waals surface area contributed by atoms with Crippen LogP contribution in [0.2, 0.25) is 0 Å². The Bertz CT molecular complexity index is 590. The third-order valence-electron chi connectivity index (χ3n) is 3.16. The second-order valence-electron chi connectivity index (χ2n) is 5.23. The molecule has 3 nitrogen and oxygen atoms in total. The molecule has 1 aromatic heterocycles. The number of nitrogens with zero attached hydrogens (tertiary/aromatic N) is 2. The Morgan fingerprint density at radius 1 is 1.10 bits per heavy atom. The molecule has 0 amide bonds. The lowest BCUT2D eigenvalue weighted by atomic mass is 10.1. The summed E-state index contributed by atoms with van der Waals surface area (Å²) in [5.41, 5.74) is 3.92. The highest BCUT2D eigenvalue weighted by atomic mass is 16.1. The van der Waals surface area contributed by atoms with Gasteiger partial charge in [-0.05, 0) is 33.0 Å². The molecule has 0 atom stereocenters. The highest BCUT2D eigenvalue weighted by Gasteiger charge is 2.10. The summed E-state index contributed by atoms with van der Waals surface area (Å²) in [7, 11) is 1.94. The van der Waals surface area contributed by atoms with Gasteiger partial charge in [-0.25, -0.2) is 0 Å². The van der Waals surface area contributed by atoms with Crippen LogP contribution in [0.25, 0.3) is 0 Å². The van der Waals surface area contributed by atoms with Crippen LogP contribution >= 0.6 is 0 Å². The fraction of sp³-hybridized carbons (Fsp3) is 0.294. The van der Waals surface area contributed by atoms with Gasteiger partial charge in [0.25, 0.3) is 0 Å². The molecular formula is C17H20N2O. The zero-order valence-electron chi connectivity index (χ0n) is 12.3. The second-order valence-corrected chi connectivity index (χ2v) is 5.23. The van der Waals surface area contributed by atoms with Crippen molar-refractivity contribution in [2.45, 2.75) is 20.4 Å². The Morgan fingerprint density at radius 2 is 1.80 bits per heavy atom. The molecule has 0 unspecified atom stereocenters. The van der Waals surface area contributed by atoms with Crippen LogP contribution in [0.15, 0.2) is 42.5 Å². The minimum atomic E-state index is 0.139. The number of benzene rings is 1. The quantitative estimate of drug-likeness (QED) is 0.782. The number of aryl methyl sites for hydroxylation is 2. The molecule has 20 heavy (non-hydrogen) atoms. The van der Waals surface area contributed by atoms with Crippen molar-refractivity contribution >= 4 is 5.78 Å². The summed E-state index contributed by atoms with van der Waals surface area (Å²) in [5.74, 6) is 0.139. The summed E-state index contributed by atoms with van der Waals surface area (Å²) in [4.78, 5) is 18.6. The number of aromatic nitrogens is 1. The van der Waals surface area contributed by atoms with E-state index in [4.69, 9.17) is 0 Å². The van der Waals surface area contributed by atoms with Gasteiger partial charge in [0.15, 0.2) is 5.78 Å². The molecule has 0 spiro atoms. The number of carbonyl (C=O) groups is 1. The van der Waals surface area contributed by atoms with Gasteiger partial charge in [-0.3, -0.25) is 14.7 Å². The zero-order chi connectivity index (χ0) is 14.5. The number of hydrogen-bond acceptors (Lipinski definition) is 3. The van der Waals surface area contributed by atoms with Crippen molar-refractivity contribution in [2.24, 2.45) is 0 Å². The van der Waals surface area contributed by atoms with Gasteiger partial charge in [0, 0.05) is 17.8 Å². The SMILES string of the molecule is Cc1ccc(C(=O)CN(C)Cc2cccc(C)n2)cc1. The number of ketones is 1. The maximum atomic E-state index is 12.2. The molecule has 0 aliphatic carbocycles. The predicted octanol–water partition coefficient (Wildman–Crippen LogP) is 3.01. The number of pyridine rings is 1. The summed E-state index contributed by atoms with van der Waals surface area (Å²) in [5, 5.41) is 0. The lowest BCUT2D eigenvalue weighted by molar-refractivity contribution is 0.0942. The molecule has 0 fully saturated rings. The summed E-state index contributed by atoms with van der Waals surface area (Å²) in [6.45, 7) is 5.07. The van der Waals surface area contributed by atoms with E-state index < -0.39 is 0 Å². The molecule has 0 radical (unpaired) electrons. The first kappa shape index (κ1) is 14.4. The van der Waals surface area contributed by atoms with E-state index in [1.54, 1.807) is 0 Å². The van der Waals surface area contributed by atoms with E-state index in [-0.39, 0.29) is 5.78 Å². The van der Waals surface area contributed by atoms with Crippen molar-refractivity contribution in [3.63, 3.8) is 0 Å².